The zero-order valence-electron chi connectivity index (χ0n) is 13.3. The first-order chi connectivity index (χ1) is 9.94. The Hall–Kier alpha value is -1.20. The summed E-state index contributed by atoms with van der Waals surface area (Å²) in [4.78, 5) is 14.1. The van der Waals surface area contributed by atoms with Crippen LogP contribution in [0.2, 0.25) is 0 Å². The molecular formula is C16H24N4S. The lowest BCUT2D eigenvalue weighted by Crippen LogP contribution is -2.38. The Bertz CT molecular complexity index is 654. The number of anilines is 1. The maximum atomic E-state index is 6.17. The van der Waals surface area contributed by atoms with Crippen molar-refractivity contribution >= 4 is 27.4 Å². The minimum absolute atomic E-state index is 0.634. The summed E-state index contributed by atoms with van der Waals surface area (Å²) in [6.07, 6.45) is 1.32. The molecule has 0 amide bonds. The second-order valence-electron chi connectivity index (χ2n) is 6.63. The molecule has 3 heterocycles. The van der Waals surface area contributed by atoms with Gasteiger partial charge in [-0.25, -0.2) is 9.97 Å². The molecule has 0 spiro atoms. The number of thiophene rings is 1. The van der Waals surface area contributed by atoms with Crippen molar-refractivity contribution in [2.24, 2.45) is 11.8 Å². The van der Waals surface area contributed by atoms with Crippen LogP contribution in [0.3, 0.4) is 0 Å². The van der Waals surface area contributed by atoms with Gasteiger partial charge in [-0.05, 0) is 37.7 Å². The molecular weight excluding hydrogens is 280 g/mol. The second-order valence-corrected chi connectivity index (χ2v) is 7.83. The fourth-order valence-corrected chi connectivity index (χ4v) is 4.57. The highest BCUT2D eigenvalue weighted by atomic mass is 32.1. The Morgan fingerprint density at radius 3 is 2.52 bits per heavy atom. The van der Waals surface area contributed by atoms with E-state index in [1.807, 2.05) is 0 Å². The number of aromatic nitrogens is 2. The van der Waals surface area contributed by atoms with Crippen molar-refractivity contribution in [3.8, 4) is 0 Å². The number of nitrogens with zero attached hydrogens (tertiary/aromatic N) is 3. The topological polar surface area (TPSA) is 55.0 Å². The second kappa shape index (κ2) is 5.54. The number of hydrogen-bond acceptors (Lipinski definition) is 5. The number of nitrogens with two attached hydrogens (primary N) is 1. The van der Waals surface area contributed by atoms with Crippen molar-refractivity contribution in [3.63, 3.8) is 0 Å². The van der Waals surface area contributed by atoms with Gasteiger partial charge in [0.1, 0.15) is 16.5 Å². The molecule has 0 bridgehead atoms. The molecule has 1 aliphatic heterocycles. The van der Waals surface area contributed by atoms with Crippen LogP contribution in [0.4, 0.5) is 5.82 Å². The standard InChI is InChI=1S/C16H24N4S/c1-9-5-10(2)7-20(6-9)8-13-18-15(17)14-11(3)12(4)21-16(14)19-13/h9-10H,5-8H2,1-4H3,(H2,17,18,19). The van der Waals surface area contributed by atoms with Crippen molar-refractivity contribution in [2.45, 2.75) is 40.7 Å². The highest BCUT2D eigenvalue weighted by molar-refractivity contribution is 7.18. The summed E-state index contributed by atoms with van der Waals surface area (Å²) < 4.78 is 0. The summed E-state index contributed by atoms with van der Waals surface area (Å²) in [6, 6.07) is 0. The molecule has 5 heteroatoms. The summed E-state index contributed by atoms with van der Waals surface area (Å²) in [6.45, 7) is 11.9. The lowest BCUT2D eigenvalue weighted by molar-refractivity contribution is 0.131. The van der Waals surface area contributed by atoms with Crippen LogP contribution in [0.1, 0.15) is 36.5 Å². The quantitative estimate of drug-likeness (QED) is 0.924. The van der Waals surface area contributed by atoms with Gasteiger partial charge >= 0.3 is 0 Å². The van der Waals surface area contributed by atoms with Crippen LogP contribution in [0.25, 0.3) is 10.2 Å². The molecule has 2 unspecified atom stereocenters. The van der Waals surface area contributed by atoms with E-state index in [9.17, 15) is 0 Å². The number of rotatable bonds is 2. The molecule has 0 aliphatic carbocycles. The number of hydrogen-bond donors (Lipinski definition) is 1. The molecule has 1 aliphatic rings. The number of nitrogen functional groups attached to an aromatic ring is 1. The summed E-state index contributed by atoms with van der Waals surface area (Å²) in [5, 5.41) is 1.04. The van der Waals surface area contributed by atoms with Crippen LogP contribution in [0.5, 0.6) is 0 Å². The van der Waals surface area contributed by atoms with E-state index in [1.54, 1.807) is 11.3 Å². The minimum Gasteiger partial charge on any atom is -0.383 e. The molecule has 2 N–H and O–H groups in total. The number of fused-ring (bicyclic) bond motifs is 1. The van der Waals surface area contributed by atoms with Crippen molar-refractivity contribution in [2.75, 3.05) is 18.8 Å². The van der Waals surface area contributed by atoms with Crippen LogP contribution in [-0.4, -0.2) is 28.0 Å². The normalized spacial score (nSPS) is 23.8. The van der Waals surface area contributed by atoms with E-state index in [0.717, 1.165) is 47.5 Å². The Morgan fingerprint density at radius 1 is 1.19 bits per heavy atom. The van der Waals surface area contributed by atoms with Gasteiger partial charge in [0.05, 0.1) is 11.9 Å². The number of likely N-dealkylation sites (tertiary alicyclic amines) is 1. The van der Waals surface area contributed by atoms with Crippen LogP contribution >= 0.6 is 11.3 Å². The lowest BCUT2D eigenvalue weighted by atomic mass is 9.92. The molecule has 1 saturated heterocycles. The monoisotopic (exact) mass is 304 g/mol. The van der Waals surface area contributed by atoms with Gasteiger partial charge in [-0.2, -0.15) is 0 Å². The Balaban J connectivity index is 1.87. The Kier molecular flexibility index (Phi) is 3.88. The summed E-state index contributed by atoms with van der Waals surface area (Å²) in [5.74, 6) is 3.00. The van der Waals surface area contributed by atoms with Gasteiger partial charge in [-0.3, -0.25) is 4.90 Å². The highest BCUT2D eigenvalue weighted by Gasteiger charge is 2.23. The van der Waals surface area contributed by atoms with Crippen molar-refractivity contribution in [3.05, 3.63) is 16.3 Å². The largest absolute Gasteiger partial charge is 0.383 e. The molecule has 2 aromatic rings. The van der Waals surface area contributed by atoms with Gasteiger partial charge < -0.3 is 5.73 Å². The van der Waals surface area contributed by atoms with Crippen LogP contribution in [0.15, 0.2) is 0 Å². The first-order valence-electron chi connectivity index (χ1n) is 7.68. The van der Waals surface area contributed by atoms with Crippen LogP contribution < -0.4 is 5.73 Å². The minimum atomic E-state index is 0.634. The van der Waals surface area contributed by atoms with Gasteiger partial charge in [-0.15, -0.1) is 11.3 Å². The third kappa shape index (κ3) is 2.90. The lowest BCUT2D eigenvalue weighted by Gasteiger charge is -2.34. The summed E-state index contributed by atoms with van der Waals surface area (Å²) in [7, 11) is 0. The molecule has 114 valence electrons. The Morgan fingerprint density at radius 2 is 1.86 bits per heavy atom. The van der Waals surface area contributed by atoms with E-state index in [2.05, 4.69) is 37.6 Å². The molecule has 1 fully saturated rings. The molecule has 3 rings (SSSR count). The van der Waals surface area contributed by atoms with Crippen molar-refractivity contribution in [1.29, 1.82) is 0 Å². The van der Waals surface area contributed by atoms with Gasteiger partial charge in [0.2, 0.25) is 0 Å². The molecule has 0 radical (unpaired) electrons. The summed E-state index contributed by atoms with van der Waals surface area (Å²) in [5.41, 5.74) is 7.39. The van der Waals surface area contributed by atoms with E-state index >= 15 is 0 Å². The maximum Gasteiger partial charge on any atom is 0.146 e. The van der Waals surface area contributed by atoms with Gasteiger partial charge in [0.15, 0.2) is 0 Å². The first kappa shape index (κ1) is 14.7. The summed E-state index contributed by atoms with van der Waals surface area (Å²) >= 11 is 1.72. The number of piperidine rings is 1. The van der Waals surface area contributed by atoms with E-state index in [4.69, 9.17) is 10.7 Å². The van der Waals surface area contributed by atoms with E-state index in [-0.39, 0.29) is 0 Å². The predicted octanol–water partition coefficient (Wildman–Crippen LogP) is 3.37. The third-order valence-corrected chi connectivity index (χ3v) is 5.51. The smallest absolute Gasteiger partial charge is 0.146 e. The fraction of sp³-hybridized carbons (Fsp3) is 0.625. The van der Waals surface area contributed by atoms with E-state index in [1.165, 1.54) is 16.9 Å². The molecule has 4 nitrogen and oxygen atoms in total. The van der Waals surface area contributed by atoms with Crippen LogP contribution in [0, 0.1) is 25.7 Å². The van der Waals surface area contributed by atoms with Crippen molar-refractivity contribution in [1.82, 2.24) is 14.9 Å². The molecule has 0 saturated carbocycles. The third-order valence-electron chi connectivity index (χ3n) is 4.41. The Labute approximate surface area is 130 Å². The van der Waals surface area contributed by atoms with E-state index < -0.39 is 0 Å². The molecule has 2 atom stereocenters. The first-order valence-corrected chi connectivity index (χ1v) is 8.50. The molecule has 21 heavy (non-hydrogen) atoms. The highest BCUT2D eigenvalue weighted by Crippen LogP contribution is 2.32. The fourth-order valence-electron chi connectivity index (χ4n) is 3.52. The molecule has 0 aromatic carbocycles. The zero-order chi connectivity index (χ0) is 15.1. The average molecular weight is 304 g/mol. The van der Waals surface area contributed by atoms with Gasteiger partial charge in [0.25, 0.3) is 0 Å². The number of aryl methyl sites for hydroxylation is 2. The maximum absolute atomic E-state index is 6.17. The van der Waals surface area contributed by atoms with E-state index in [0.29, 0.717) is 5.82 Å². The molecule has 2 aromatic heterocycles. The predicted molar refractivity (Wildman–Crippen MR) is 89.5 cm³/mol. The van der Waals surface area contributed by atoms with Gasteiger partial charge in [-0.1, -0.05) is 13.8 Å². The SMILES string of the molecule is Cc1sc2nc(CN3CC(C)CC(C)C3)nc(N)c2c1C. The average Bonchev–Trinajstić information content (AvgIpc) is 2.63. The van der Waals surface area contributed by atoms with Crippen molar-refractivity contribution < 1.29 is 0 Å². The van der Waals surface area contributed by atoms with Crippen LogP contribution in [-0.2, 0) is 6.54 Å². The zero-order valence-corrected chi connectivity index (χ0v) is 14.1. The van der Waals surface area contributed by atoms with Gasteiger partial charge in [0, 0.05) is 18.0 Å².